The van der Waals surface area contributed by atoms with Crippen molar-refractivity contribution in [3.8, 4) is 5.75 Å². The number of amides is 1. The van der Waals surface area contributed by atoms with Crippen molar-refractivity contribution >= 4 is 15.7 Å². The van der Waals surface area contributed by atoms with E-state index in [0.29, 0.717) is 19.4 Å². The van der Waals surface area contributed by atoms with E-state index >= 15 is 0 Å². The summed E-state index contributed by atoms with van der Waals surface area (Å²) in [5, 5.41) is 2.91. The SMILES string of the molecule is CC1(NC(=O)C2COc3ccccc3C2)CCS(=O)(=O)C1. The molecule has 6 heteroatoms. The van der Waals surface area contributed by atoms with Crippen LogP contribution in [-0.4, -0.2) is 38.0 Å². The molecule has 3 rings (SSSR count). The van der Waals surface area contributed by atoms with E-state index in [4.69, 9.17) is 4.74 Å². The van der Waals surface area contributed by atoms with E-state index in [-0.39, 0.29) is 23.3 Å². The number of sulfone groups is 1. The van der Waals surface area contributed by atoms with Gasteiger partial charge in [-0.2, -0.15) is 0 Å². The highest BCUT2D eigenvalue weighted by Gasteiger charge is 2.41. The van der Waals surface area contributed by atoms with Gasteiger partial charge in [0.25, 0.3) is 0 Å². The van der Waals surface area contributed by atoms with Crippen LogP contribution < -0.4 is 10.1 Å². The van der Waals surface area contributed by atoms with Gasteiger partial charge < -0.3 is 10.1 Å². The number of benzene rings is 1. The lowest BCUT2D eigenvalue weighted by atomic mass is 9.94. The zero-order chi connectivity index (χ0) is 15.1. The van der Waals surface area contributed by atoms with E-state index in [1.165, 1.54) is 0 Å². The van der Waals surface area contributed by atoms with Gasteiger partial charge in [0, 0.05) is 0 Å². The number of hydrogen-bond acceptors (Lipinski definition) is 4. The summed E-state index contributed by atoms with van der Waals surface area (Å²) in [7, 11) is -3.02. The summed E-state index contributed by atoms with van der Waals surface area (Å²) >= 11 is 0. The molecule has 0 aromatic heterocycles. The minimum absolute atomic E-state index is 0.0237. The first-order valence-corrected chi connectivity index (χ1v) is 8.92. The highest BCUT2D eigenvalue weighted by Crippen LogP contribution is 2.28. The second-order valence-corrected chi connectivity index (χ2v) is 8.40. The topological polar surface area (TPSA) is 72.5 Å². The molecule has 0 radical (unpaired) electrons. The summed E-state index contributed by atoms with van der Waals surface area (Å²) in [6, 6.07) is 7.68. The number of carbonyl (C=O) groups excluding carboxylic acids is 1. The molecular weight excluding hydrogens is 290 g/mol. The van der Waals surface area contributed by atoms with Crippen LogP contribution in [-0.2, 0) is 21.1 Å². The summed E-state index contributed by atoms with van der Waals surface area (Å²) < 4.78 is 28.8. The number of rotatable bonds is 2. The van der Waals surface area contributed by atoms with Crippen LogP contribution >= 0.6 is 0 Å². The first kappa shape index (κ1) is 14.4. The van der Waals surface area contributed by atoms with Crippen LogP contribution in [0.5, 0.6) is 5.75 Å². The van der Waals surface area contributed by atoms with Gasteiger partial charge in [0.15, 0.2) is 9.84 Å². The van der Waals surface area contributed by atoms with Crippen molar-refractivity contribution in [1.82, 2.24) is 5.32 Å². The van der Waals surface area contributed by atoms with Crippen molar-refractivity contribution < 1.29 is 17.9 Å². The second-order valence-electron chi connectivity index (χ2n) is 6.21. The fourth-order valence-corrected chi connectivity index (χ4v) is 5.10. The number of para-hydroxylation sites is 1. The van der Waals surface area contributed by atoms with Gasteiger partial charge in [-0.3, -0.25) is 4.79 Å². The van der Waals surface area contributed by atoms with Gasteiger partial charge in [-0.25, -0.2) is 8.42 Å². The zero-order valence-electron chi connectivity index (χ0n) is 12.0. The van der Waals surface area contributed by atoms with Crippen molar-refractivity contribution in [2.45, 2.75) is 25.3 Å². The Morgan fingerprint density at radius 3 is 2.86 bits per heavy atom. The average molecular weight is 309 g/mol. The van der Waals surface area contributed by atoms with Crippen LogP contribution in [0.3, 0.4) is 0 Å². The maximum Gasteiger partial charge on any atom is 0.227 e. The van der Waals surface area contributed by atoms with Crippen LogP contribution in [0, 0.1) is 5.92 Å². The molecule has 2 aliphatic rings. The Hall–Kier alpha value is -1.56. The molecule has 1 fully saturated rings. The van der Waals surface area contributed by atoms with Gasteiger partial charge >= 0.3 is 0 Å². The lowest BCUT2D eigenvalue weighted by molar-refractivity contribution is -0.127. The maximum atomic E-state index is 12.4. The standard InChI is InChI=1S/C15H19NO4S/c1-15(6-7-21(18,19)10-15)16-14(17)12-8-11-4-2-3-5-13(11)20-9-12/h2-5,12H,6-10H2,1H3,(H,16,17). The van der Waals surface area contributed by atoms with Crippen LogP contribution in [0.25, 0.3) is 0 Å². The number of carbonyl (C=O) groups is 1. The molecule has 0 bridgehead atoms. The third kappa shape index (κ3) is 3.05. The zero-order valence-corrected chi connectivity index (χ0v) is 12.8. The molecular formula is C15H19NO4S. The predicted molar refractivity (Wildman–Crippen MR) is 78.9 cm³/mol. The number of hydrogen-bond donors (Lipinski definition) is 1. The largest absolute Gasteiger partial charge is 0.492 e. The van der Waals surface area contributed by atoms with Crippen molar-refractivity contribution in [2.75, 3.05) is 18.1 Å². The second kappa shape index (κ2) is 5.02. The molecule has 1 aromatic carbocycles. The van der Waals surface area contributed by atoms with Gasteiger partial charge in [0.05, 0.1) is 23.0 Å². The lowest BCUT2D eigenvalue weighted by Gasteiger charge is -2.29. The Bertz CT molecular complexity index is 670. The first-order chi connectivity index (χ1) is 9.87. The van der Waals surface area contributed by atoms with Crippen LogP contribution in [0.15, 0.2) is 24.3 Å². The number of fused-ring (bicyclic) bond motifs is 1. The molecule has 114 valence electrons. The summed E-state index contributed by atoms with van der Waals surface area (Å²) in [4.78, 5) is 12.4. The van der Waals surface area contributed by atoms with Crippen molar-refractivity contribution in [3.05, 3.63) is 29.8 Å². The Kier molecular flexibility index (Phi) is 3.43. The monoisotopic (exact) mass is 309 g/mol. The highest BCUT2D eigenvalue weighted by atomic mass is 32.2. The van der Waals surface area contributed by atoms with E-state index in [2.05, 4.69) is 5.32 Å². The molecule has 0 spiro atoms. The fraction of sp³-hybridized carbons (Fsp3) is 0.533. The molecule has 0 aliphatic carbocycles. The molecule has 0 saturated carbocycles. The molecule has 5 nitrogen and oxygen atoms in total. The summed E-state index contributed by atoms with van der Waals surface area (Å²) in [6.45, 7) is 2.14. The van der Waals surface area contributed by atoms with E-state index in [0.717, 1.165) is 11.3 Å². The van der Waals surface area contributed by atoms with Crippen molar-refractivity contribution in [3.63, 3.8) is 0 Å². The molecule has 1 amide bonds. The van der Waals surface area contributed by atoms with Gasteiger partial charge in [0.2, 0.25) is 5.91 Å². The van der Waals surface area contributed by atoms with Crippen LogP contribution in [0.1, 0.15) is 18.9 Å². The third-order valence-corrected chi connectivity index (χ3v) is 6.08. The van der Waals surface area contributed by atoms with Gasteiger partial charge in [-0.15, -0.1) is 0 Å². The summed E-state index contributed by atoms with van der Waals surface area (Å²) in [5.74, 6) is 0.615. The third-order valence-electron chi connectivity index (χ3n) is 4.18. The Labute approximate surface area is 124 Å². The molecule has 2 aliphatic heterocycles. The Balaban J connectivity index is 1.68. The minimum Gasteiger partial charge on any atom is -0.492 e. The molecule has 1 N–H and O–H groups in total. The van der Waals surface area contributed by atoms with Gasteiger partial charge in [-0.1, -0.05) is 18.2 Å². The predicted octanol–water partition coefficient (Wildman–Crippen LogP) is 0.931. The van der Waals surface area contributed by atoms with Gasteiger partial charge in [-0.05, 0) is 31.4 Å². The fourth-order valence-electron chi connectivity index (χ4n) is 3.00. The van der Waals surface area contributed by atoms with E-state index in [1.807, 2.05) is 24.3 Å². The van der Waals surface area contributed by atoms with E-state index in [9.17, 15) is 13.2 Å². The lowest BCUT2D eigenvalue weighted by Crippen LogP contribution is -2.50. The summed E-state index contributed by atoms with van der Waals surface area (Å²) in [5.41, 5.74) is 0.375. The summed E-state index contributed by atoms with van der Waals surface area (Å²) in [6.07, 6.45) is 1.11. The molecule has 1 aromatic rings. The molecule has 21 heavy (non-hydrogen) atoms. The normalized spacial score (nSPS) is 30.2. The molecule has 2 heterocycles. The molecule has 1 saturated heterocycles. The van der Waals surface area contributed by atoms with Crippen LogP contribution in [0.4, 0.5) is 0 Å². The highest BCUT2D eigenvalue weighted by molar-refractivity contribution is 7.91. The smallest absolute Gasteiger partial charge is 0.227 e. The van der Waals surface area contributed by atoms with Crippen molar-refractivity contribution in [2.24, 2.45) is 5.92 Å². The minimum atomic E-state index is -3.02. The number of nitrogens with one attached hydrogen (secondary N) is 1. The first-order valence-electron chi connectivity index (χ1n) is 7.10. The van der Waals surface area contributed by atoms with E-state index in [1.54, 1.807) is 6.92 Å². The quantitative estimate of drug-likeness (QED) is 0.882. The van der Waals surface area contributed by atoms with E-state index < -0.39 is 15.4 Å². The maximum absolute atomic E-state index is 12.4. The molecule has 2 unspecified atom stereocenters. The Morgan fingerprint density at radius 1 is 1.38 bits per heavy atom. The van der Waals surface area contributed by atoms with Crippen molar-refractivity contribution in [1.29, 1.82) is 0 Å². The average Bonchev–Trinajstić information content (AvgIpc) is 2.71. The Morgan fingerprint density at radius 2 is 2.14 bits per heavy atom. The van der Waals surface area contributed by atoms with Crippen LogP contribution in [0.2, 0.25) is 0 Å². The number of ether oxygens (including phenoxy) is 1. The molecule has 2 atom stereocenters. The van der Waals surface area contributed by atoms with Gasteiger partial charge in [0.1, 0.15) is 12.4 Å².